The second-order valence-electron chi connectivity index (χ2n) is 8.54. The molecule has 1 heterocycles. The molecule has 0 aliphatic heterocycles. The van der Waals surface area contributed by atoms with Crippen LogP contribution >= 0.6 is 0 Å². The third kappa shape index (κ3) is 4.22. The molecule has 1 saturated carbocycles. The van der Waals surface area contributed by atoms with E-state index in [0.717, 1.165) is 41.2 Å². The average molecular weight is 418 g/mol. The van der Waals surface area contributed by atoms with Crippen LogP contribution in [0.5, 0.6) is 5.75 Å². The van der Waals surface area contributed by atoms with E-state index < -0.39 is 0 Å². The molecule has 1 aliphatic rings. The van der Waals surface area contributed by atoms with Crippen molar-refractivity contribution in [3.8, 4) is 11.4 Å². The highest BCUT2D eigenvalue weighted by Crippen LogP contribution is 2.44. The molecule has 5 nitrogen and oxygen atoms in total. The quantitative estimate of drug-likeness (QED) is 0.608. The number of carbonyl (C=O) groups is 1. The van der Waals surface area contributed by atoms with Gasteiger partial charge in [-0.15, -0.1) is 0 Å². The SMILES string of the molecule is COc1ccccc1C1(CNC(=O)Cc2c(C)nn(-c3ccccc3)c2C)CCCC1. The Morgan fingerprint density at radius 1 is 1.06 bits per heavy atom. The van der Waals surface area contributed by atoms with Crippen molar-refractivity contribution in [1.82, 2.24) is 15.1 Å². The number of aryl methyl sites for hydroxylation is 1. The van der Waals surface area contributed by atoms with Crippen molar-refractivity contribution in [2.45, 2.75) is 51.4 Å². The van der Waals surface area contributed by atoms with Crippen LogP contribution in [0.25, 0.3) is 5.69 Å². The van der Waals surface area contributed by atoms with E-state index in [1.165, 1.54) is 18.4 Å². The lowest BCUT2D eigenvalue weighted by Crippen LogP contribution is -2.40. The van der Waals surface area contributed by atoms with Gasteiger partial charge in [-0.05, 0) is 44.9 Å². The minimum absolute atomic E-state index is 0.0417. The minimum Gasteiger partial charge on any atom is -0.496 e. The molecule has 31 heavy (non-hydrogen) atoms. The van der Waals surface area contributed by atoms with Crippen molar-refractivity contribution in [3.05, 3.63) is 77.1 Å². The van der Waals surface area contributed by atoms with E-state index in [9.17, 15) is 4.79 Å². The second-order valence-corrected chi connectivity index (χ2v) is 8.54. The lowest BCUT2D eigenvalue weighted by molar-refractivity contribution is -0.120. The molecule has 3 aromatic rings. The van der Waals surface area contributed by atoms with Gasteiger partial charge in [0.05, 0.1) is 24.9 Å². The highest BCUT2D eigenvalue weighted by molar-refractivity contribution is 5.79. The van der Waals surface area contributed by atoms with Gasteiger partial charge in [0.2, 0.25) is 5.91 Å². The number of carbonyl (C=O) groups excluding carboxylic acids is 1. The van der Waals surface area contributed by atoms with Gasteiger partial charge in [-0.1, -0.05) is 49.2 Å². The Morgan fingerprint density at radius 2 is 1.74 bits per heavy atom. The number of methoxy groups -OCH3 is 1. The number of nitrogens with one attached hydrogen (secondary N) is 1. The van der Waals surface area contributed by atoms with Crippen molar-refractivity contribution in [3.63, 3.8) is 0 Å². The van der Waals surface area contributed by atoms with Gasteiger partial charge in [0.25, 0.3) is 0 Å². The lowest BCUT2D eigenvalue weighted by atomic mass is 9.78. The number of nitrogens with zero attached hydrogens (tertiary/aromatic N) is 2. The van der Waals surface area contributed by atoms with Crippen molar-refractivity contribution in [2.75, 3.05) is 13.7 Å². The van der Waals surface area contributed by atoms with Gasteiger partial charge >= 0.3 is 0 Å². The third-order valence-corrected chi connectivity index (χ3v) is 6.64. The summed E-state index contributed by atoms with van der Waals surface area (Å²) >= 11 is 0. The molecule has 1 N–H and O–H groups in total. The summed E-state index contributed by atoms with van der Waals surface area (Å²) in [6, 6.07) is 18.3. The maximum Gasteiger partial charge on any atom is 0.224 e. The molecule has 0 bridgehead atoms. The van der Waals surface area contributed by atoms with E-state index in [1.54, 1.807) is 7.11 Å². The molecule has 4 rings (SSSR count). The molecule has 1 aliphatic carbocycles. The number of amides is 1. The highest BCUT2D eigenvalue weighted by Gasteiger charge is 2.38. The van der Waals surface area contributed by atoms with Gasteiger partial charge in [0, 0.05) is 28.8 Å². The highest BCUT2D eigenvalue weighted by atomic mass is 16.5. The molecule has 0 atom stereocenters. The van der Waals surface area contributed by atoms with Crippen LogP contribution in [0, 0.1) is 13.8 Å². The molecule has 0 spiro atoms. The molecule has 0 radical (unpaired) electrons. The van der Waals surface area contributed by atoms with Crippen LogP contribution in [0.2, 0.25) is 0 Å². The van der Waals surface area contributed by atoms with Gasteiger partial charge in [0.1, 0.15) is 5.75 Å². The van der Waals surface area contributed by atoms with Gasteiger partial charge in [-0.2, -0.15) is 5.10 Å². The Bertz CT molecular complexity index is 1050. The third-order valence-electron chi connectivity index (χ3n) is 6.64. The monoisotopic (exact) mass is 417 g/mol. The van der Waals surface area contributed by atoms with Crippen LogP contribution in [0.3, 0.4) is 0 Å². The number of rotatable bonds is 7. The van der Waals surface area contributed by atoms with Crippen LogP contribution in [0.15, 0.2) is 54.6 Å². The molecule has 0 saturated heterocycles. The number of aromatic nitrogens is 2. The standard InChI is InChI=1S/C26H31N3O2/c1-19-22(20(2)29(28-19)21-11-5-4-6-12-21)17-25(30)27-18-26(15-9-10-16-26)23-13-7-8-14-24(23)31-3/h4-8,11-14H,9-10,15-18H2,1-3H3,(H,27,30). The average Bonchev–Trinajstić information content (AvgIpc) is 3.39. The molecular weight excluding hydrogens is 386 g/mol. The van der Waals surface area contributed by atoms with Crippen LogP contribution in [-0.4, -0.2) is 29.3 Å². The lowest BCUT2D eigenvalue weighted by Gasteiger charge is -2.31. The Balaban J connectivity index is 1.50. The first-order chi connectivity index (χ1) is 15.0. The van der Waals surface area contributed by atoms with Gasteiger partial charge in [0.15, 0.2) is 0 Å². The molecule has 2 aromatic carbocycles. The number of para-hydroxylation sites is 2. The first-order valence-corrected chi connectivity index (χ1v) is 11.0. The predicted molar refractivity (Wildman–Crippen MR) is 123 cm³/mol. The summed E-state index contributed by atoms with van der Waals surface area (Å²) in [6.07, 6.45) is 4.83. The Hall–Kier alpha value is -3.08. The largest absolute Gasteiger partial charge is 0.496 e. The number of hydrogen-bond acceptors (Lipinski definition) is 3. The minimum atomic E-state index is -0.0550. The predicted octanol–water partition coefficient (Wildman–Crippen LogP) is 4.67. The summed E-state index contributed by atoms with van der Waals surface area (Å²) in [5, 5.41) is 7.91. The molecule has 1 aromatic heterocycles. The molecule has 1 amide bonds. The molecule has 162 valence electrons. The van der Waals surface area contributed by atoms with Crippen LogP contribution in [0.1, 0.15) is 48.2 Å². The first kappa shape index (κ1) is 21.2. The number of hydrogen-bond donors (Lipinski definition) is 1. The normalized spacial score (nSPS) is 15.1. The molecule has 1 fully saturated rings. The molecule has 5 heteroatoms. The Labute approximate surface area is 184 Å². The maximum absolute atomic E-state index is 13.0. The second kappa shape index (κ2) is 8.96. The molecule has 0 unspecified atom stereocenters. The van der Waals surface area contributed by atoms with E-state index in [1.807, 2.05) is 61.0 Å². The summed E-state index contributed by atoms with van der Waals surface area (Å²) in [5.41, 5.74) is 5.08. The zero-order valence-electron chi connectivity index (χ0n) is 18.6. The van der Waals surface area contributed by atoms with Gasteiger partial charge in [-0.25, -0.2) is 4.68 Å². The van der Waals surface area contributed by atoms with E-state index in [2.05, 4.69) is 22.5 Å². The van der Waals surface area contributed by atoms with Crippen molar-refractivity contribution >= 4 is 5.91 Å². The maximum atomic E-state index is 13.0. The fourth-order valence-electron chi connectivity index (χ4n) is 4.92. The molecular formula is C26H31N3O2. The van der Waals surface area contributed by atoms with Crippen LogP contribution in [-0.2, 0) is 16.6 Å². The Kier molecular flexibility index (Phi) is 6.12. The summed E-state index contributed by atoms with van der Waals surface area (Å²) in [5.74, 6) is 0.953. The summed E-state index contributed by atoms with van der Waals surface area (Å²) < 4.78 is 7.56. The summed E-state index contributed by atoms with van der Waals surface area (Å²) in [4.78, 5) is 13.0. The van der Waals surface area contributed by atoms with E-state index in [4.69, 9.17) is 4.74 Å². The van der Waals surface area contributed by atoms with Crippen molar-refractivity contribution < 1.29 is 9.53 Å². The smallest absolute Gasteiger partial charge is 0.224 e. The zero-order valence-corrected chi connectivity index (χ0v) is 18.6. The van der Waals surface area contributed by atoms with Crippen LogP contribution < -0.4 is 10.1 Å². The van der Waals surface area contributed by atoms with E-state index in [0.29, 0.717) is 13.0 Å². The summed E-state index contributed by atoms with van der Waals surface area (Å²) in [7, 11) is 1.72. The fourth-order valence-corrected chi connectivity index (χ4v) is 4.92. The zero-order chi connectivity index (χ0) is 21.8. The van der Waals surface area contributed by atoms with E-state index in [-0.39, 0.29) is 11.3 Å². The topological polar surface area (TPSA) is 56.1 Å². The Morgan fingerprint density at radius 3 is 2.45 bits per heavy atom. The van der Waals surface area contributed by atoms with Crippen molar-refractivity contribution in [1.29, 1.82) is 0 Å². The van der Waals surface area contributed by atoms with Gasteiger partial charge < -0.3 is 10.1 Å². The van der Waals surface area contributed by atoms with Gasteiger partial charge in [-0.3, -0.25) is 4.79 Å². The van der Waals surface area contributed by atoms with E-state index >= 15 is 0 Å². The number of ether oxygens (including phenoxy) is 1. The fraction of sp³-hybridized carbons (Fsp3) is 0.385. The number of benzene rings is 2. The van der Waals surface area contributed by atoms with Crippen molar-refractivity contribution in [2.24, 2.45) is 0 Å². The summed E-state index contributed by atoms with van der Waals surface area (Å²) in [6.45, 7) is 4.64. The first-order valence-electron chi connectivity index (χ1n) is 11.0. The van der Waals surface area contributed by atoms with Crippen LogP contribution in [0.4, 0.5) is 0 Å².